The van der Waals surface area contributed by atoms with Crippen LogP contribution in [-0.4, -0.2) is 27.7 Å². The van der Waals surface area contributed by atoms with Crippen LogP contribution in [-0.2, 0) is 0 Å². The summed E-state index contributed by atoms with van der Waals surface area (Å²) in [6.45, 7) is 6.25. The van der Waals surface area contributed by atoms with Crippen molar-refractivity contribution in [3.05, 3.63) is 9.88 Å². The molecule has 1 heterocycles. The fourth-order valence-corrected chi connectivity index (χ4v) is 5.11. The molecule has 0 unspecified atom stereocenters. The zero-order chi connectivity index (χ0) is 20.8. The first kappa shape index (κ1) is 26.6. The van der Waals surface area contributed by atoms with Crippen molar-refractivity contribution in [2.75, 3.05) is 13.2 Å². The SMILES string of the molecule is CCCCCCCCCCCOc1c[se]cc1OCCCCCCCCCCC. The van der Waals surface area contributed by atoms with E-state index >= 15 is 0 Å². The molecule has 3 heteroatoms. The van der Waals surface area contributed by atoms with Crippen LogP contribution in [0.5, 0.6) is 11.5 Å². The molecule has 0 aliphatic rings. The Labute approximate surface area is 187 Å². The van der Waals surface area contributed by atoms with Gasteiger partial charge in [-0.2, -0.15) is 0 Å². The van der Waals surface area contributed by atoms with Gasteiger partial charge in [0, 0.05) is 0 Å². The quantitative estimate of drug-likeness (QED) is 0.125. The van der Waals surface area contributed by atoms with Crippen LogP contribution >= 0.6 is 0 Å². The second-order valence-electron chi connectivity index (χ2n) is 8.45. The molecular formula is C26H48O2Se. The van der Waals surface area contributed by atoms with Crippen molar-refractivity contribution in [1.29, 1.82) is 0 Å². The van der Waals surface area contributed by atoms with Crippen molar-refractivity contribution in [3.63, 3.8) is 0 Å². The normalized spacial score (nSPS) is 11.1. The predicted molar refractivity (Wildman–Crippen MR) is 129 cm³/mol. The van der Waals surface area contributed by atoms with E-state index in [1.807, 2.05) is 0 Å². The van der Waals surface area contributed by atoms with Crippen molar-refractivity contribution in [2.45, 2.75) is 129 Å². The van der Waals surface area contributed by atoms with Gasteiger partial charge in [0.1, 0.15) is 0 Å². The van der Waals surface area contributed by atoms with Gasteiger partial charge >= 0.3 is 161 Å². The van der Waals surface area contributed by atoms with Gasteiger partial charge in [0.25, 0.3) is 0 Å². The summed E-state index contributed by atoms with van der Waals surface area (Å²) < 4.78 is 12.0. The van der Waals surface area contributed by atoms with Gasteiger partial charge in [0.15, 0.2) is 0 Å². The van der Waals surface area contributed by atoms with Crippen LogP contribution in [0.3, 0.4) is 0 Å². The van der Waals surface area contributed by atoms with E-state index in [0.29, 0.717) is 14.5 Å². The van der Waals surface area contributed by atoms with E-state index in [4.69, 9.17) is 9.47 Å². The maximum atomic E-state index is 6.00. The molecule has 170 valence electrons. The Morgan fingerprint density at radius 2 is 0.793 bits per heavy atom. The summed E-state index contributed by atoms with van der Waals surface area (Å²) in [5.41, 5.74) is 0. The molecule has 0 fully saturated rings. The molecule has 1 aromatic rings. The van der Waals surface area contributed by atoms with Crippen LogP contribution in [0.1, 0.15) is 129 Å². The maximum absolute atomic E-state index is 6.00. The fourth-order valence-electron chi connectivity index (χ4n) is 3.67. The number of unbranched alkanes of at least 4 members (excludes halogenated alkanes) is 16. The molecule has 0 radical (unpaired) electrons. The van der Waals surface area contributed by atoms with Crippen molar-refractivity contribution < 1.29 is 9.47 Å². The molecule has 0 spiro atoms. The Morgan fingerprint density at radius 3 is 1.14 bits per heavy atom. The van der Waals surface area contributed by atoms with Crippen LogP contribution in [0.25, 0.3) is 0 Å². The molecule has 0 amide bonds. The van der Waals surface area contributed by atoms with Crippen LogP contribution in [0.4, 0.5) is 0 Å². The topological polar surface area (TPSA) is 18.5 Å². The monoisotopic (exact) mass is 472 g/mol. The number of hydrogen-bond acceptors (Lipinski definition) is 2. The van der Waals surface area contributed by atoms with E-state index in [-0.39, 0.29) is 0 Å². The standard InChI is InChI=1S/C26H48O2Se/c1-3-5-7-9-11-13-15-17-19-21-27-25-23-29-24-26(25)28-22-20-18-16-14-12-10-8-6-4-2/h23-24H,3-22H2,1-2H3. The third-order valence-corrected chi connectivity index (χ3v) is 7.07. The van der Waals surface area contributed by atoms with Crippen LogP contribution in [0, 0.1) is 0 Å². The summed E-state index contributed by atoms with van der Waals surface area (Å²) in [6.07, 6.45) is 24.4. The minimum absolute atomic E-state index is 0.418. The number of rotatable bonds is 22. The first-order chi connectivity index (χ1) is 14.4. The zero-order valence-corrected chi connectivity index (χ0v) is 21.2. The van der Waals surface area contributed by atoms with Gasteiger partial charge in [-0.05, 0) is 0 Å². The minimum atomic E-state index is 0.418. The molecule has 0 N–H and O–H groups in total. The van der Waals surface area contributed by atoms with Gasteiger partial charge in [0.05, 0.1) is 0 Å². The molecule has 29 heavy (non-hydrogen) atoms. The van der Waals surface area contributed by atoms with E-state index < -0.39 is 0 Å². The van der Waals surface area contributed by atoms with E-state index in [9.17, 15) is 0 Å². The van der Waals surface area contributed by atoms with Crippen LogP contribution in [0.15, 0.2) is 9.88 Å². The van der Waals surface area contributed by atoms with Gasteiger partial charge in [-0.3, -0.25) is 0 Å². The van der Waals surface area contributed by atoms with E-state index in [2.05, 4.69) is 23.7 Å². The molecular weight excluding hydrogens is 423 g/mol. The van der Waals surface area contributed by atoms with Gasteiger partial charge in [-0.15, -0.1) is 0 Å². The van der Waals surface area contributed by atoms with Gasteiger partial charge in [0.2, 0.25) is 0 Å². The van der Waals surface area contributed by atoms with Crippen molar-refractivity contribution in [2.24, 2.45) is 0 Å². The average molecular weight is 472 g/mol. The molecule has 0 aromatic carbocycles. The Balaban J connectivity index is 1.93. The Bertz CT molecular complexity index is 405. The molecule has 1 aromatic heterocycles. The van der Waals surface area contributed by atoms with E-state index in [0.717, 1.165) is 24.7 Å². The smallest absolute Gasteiger partial charge is 0.0654 e. The second kappa shape index (κ2) is 20.9. The van der Waals surface area contributed by atoms with Crippen molar-refractivity contribution >= 4 is 14.5 Å². The van der Waals surface area contributed by atoms with E-state index in [1.54, 1.807) is 0 Å². The summed E-state index contributed by atoms with van der Waals surface area (Å²) in [4.78, 5) is 4.46. The van der Waals surface area contributed by atoms with E-state index in [1.165, 1.54) is 116 Å². The Morgan fingerprint density at radius 1 is 0.483 bits per heavy atom. The molecule has 2 nitrogen and oxygen atoms in total. The third kappa shape index (κ3) is 16.0. The molecule has 0 aliphatic heterocycles. The molecule has 1 rings (SSSR count). The van der Waals surface area contributed by atoms with Crippen LogP contribution in [0.2, 0.25) is 0 Å². The Kier molecular flexibility index (Phi) is 19.2. The third-order valence-electron chi connectivity index (χ3n) is 5.60. The van der Waals surface area contributed by atoms with Gasteiger partial charge in [-0.25, -0.2) is 0 Å². The summed E-state index contributed by atoms with van der Waals surface area (Å²) in [7, 11) is 0. The summed E-state index contributed by atoms with van der Waals surface area (Å²) in [5.74, 6) is 2.03. The molecule has 0 saturated carbocycles. The molecule has 0 aliphatic carbocycles. The second-order valence-corrected chi connectivity index (χ2v) is 10.0. The first-order valence-electron chi connectivity index (χ1n) is 12.7. The Hall–Kier alpha value is -0.401. The van der Waals surface area contributed by atoms with Gasteiger partial charge in [-0.1, -0.05) is 26.7 Å². The zero-order valence-electron chi connectivity index (χ0n) is 19.5. The summed E-state index contributed by atoms with van der Waals surface area (Å²) in [5, 5.41) is 0. The first-order valence-corrected chi connectivity index (χ1v) is 14.7. The fraction of sp³-hybridized carbons (Fsp3) is 0.846. The van der Waals surface area contributed by atoms with Crippen molar-refractivity contribution in [3.8, 4) is 11.5 Å². The van der Waals surface area contributed by atoms with Crippen molar-refractivity contribution in [1.82, 2.24) is 0 Å². The summed E-state index contributed by atoms with van der Waals surface area (Å²) in [6, 6.07) is 0. The van der Waals surface area contributed by atoms with Crippen LogP contribution < -0.4 is 9.47 Å². The average Bonchev–Trinajstić information content (AvgIpc) is 3.18. The minimum Gasteiger partial charge on any atom is -0.0654 e. The molecule has 0 atom stereocenters. The van der Waals surface area contributed by atoms with Gasteiger partial charge < -0.3 is 0 Å². The molecule has 0 bridgehead atoms. The number of hydrogen-bond donors (Lipinski definition) is 0. The molecule has 0 saturated heterocycles. The predicted octanol–water partition coefficient (Wildman–Crippen LogP) is 8.56. The number of ether oxygens (including phenoxy) is 2. The summed E-state index contributed by atoms with van der Waals surface area (Å²) >= 11 is 0.418.